The van der Waals surface area contributed by atoms with Crippen LogP contribution in [-0.2, 0) is 4.74 Å². The Morgan fingerprint density at radius 2 is 2.03 bits per heavy atom. The minimum atomic E-state index is -0.123. The highest BCUT2D eigenvalue weighted by atomic mass is 32.1. The van der Waals surface area contributed by atoms with E-state index in [1.54, 1.807) is 24.0 Å². The van der Waals surface area contributed by atoms with Gasteiger partial charge in [-0.15, -0.1) is 0 Å². The maximum absolute atomic E-state index is 13.3. The lowest BCUT2D eigenvalue weighted by atomic mass is 10.1. The quantitative estimate of drug-likeness (QED) is 0.340. The van der Waals surface area contributed by atoms with E-state index in [9.17, 15) is 4.79 Å². The zero-order chi connectivity index (χ0) is 25.9. The number of hydrogen-bond donors (Lipinski definition) is 1. The lowest BCUT2D eigenvalue weighted by Gasteiger charge is -2.39. The summed E-state index contributed by atoms with van der Waals surface area (Å²) in [5.41, 5.74) is 3.48. The molecule has 1 atom stereocenters. The van der Waals surface area contributed by atoms with Crippen LogP contribution in [0.2, 0.25) is 0 Å². The number of aromatic nitrogens is 5. The van der Waals surface area contributed by atoms with Crippen molar-refractivity contribution in [3.8, 4) is 21.8 Å². The molecule has 1 amide bonds. The predicted octanol–water partition coefficient (Wildman–Crippen LogP) is 3.21. The molecule has 1 aliphatic rings. The van der Waals surface area contributed by atoms with E-state index in [-0.39, 0.29) is 18.1 Å². The molecule has 5 rings (SSSR count). The van der Waals surface area contributed by atoms with Crippen LogP contribution in [0.15, 0.2) is 42.9 Å². The Hall–Kier alpha value is -3.41. The van der Waals surface area contributed by atoms with Gasteiger partial charge in [0.05, 0.1) is 34.1 Å². The number of nitrogens with zero attached hydrogens (tertiary/aromatic N) is 7. The number of methoxy groups -OCH3 is 1. The fourth-order valence-corrected chi connectivity index (χ4v) is 5.14. The summed E-state index contributed by atoms with van der Waals surface area (Å²) in [7, 11) is 1.72. The number of likely N-dealkylation sites (N-methyl/N-ethyl adjacent to an activating group) is 1. The van der Waals surface area contributed by atoms with Crippen LogP contribution in [0, 0.1) is 0 Å². The fraction of sp³-hybridized carbons (Fsp3) is 0.423. The van der Waals surface area contributed by atoms with Gasteiger partial charge in [-0.3, -0.25) is 9.69 Å². The van der Waals surface area contributed by atoms with Crippen molar-refractivity contribution >= 4 is 28.9 Å². The highest BCUT2D eigenvalue weighted by Crippen LogP contribution is 2.30. The van der Waals surface area contributed by atoms with E-state index < -0.39 is 0 Å². The molecule has 0 radical (unpaired) electrons. The van der Waals surface area contributed by atoms with Crippen molar-refractivity contribution in [1.82, 2.24) is 34.2 Å². The monoisotopic (exact) mass is 520 g/mol. The third-order valence-electron chi connectivity index (χ3n) is 6.91. The van der Waals surface area contributed by atoms with E-state index in [0.29, 0.717) is 23.4 Å². The molecule has 0 aromatic carbocycles. The first-order chi connectivity index (χ1) is 18.0. The van der Waals surface area contributed by atoms with Gasteiger partial charge in [-0.2, -0.15) is 5.10 Å². The Bertz CT molecular complexity index is 1360. The van der Waals surface area contributed by atoms with Crippen molar-refractivity contribution < 1.29 is 9.53 Å². The van der Waals surface area contributed by atoms with Crippen molar-refractivity contribution in [3.05, 3.63) is 48.4 Å². The molecule has 1 N–H and O–H groups in total. The second-order valence-electron chi connectivity index (χ2n) is 9.16. The summed E-state index contributed by atoms with van der Waals surface area (Å²) in [6.07, 6.45) is 5.56. The minimum absolute atomic E-state index is 0.123. The van der Waals surface area contributed by atoms with Gasteiger partial charge in [0, 0.05) is 50.7 Å². The van der Waals surface area contributed by atoms with Gasteiger partial charge in [0.15, 0.2) is 5.65 Å². The number of nitrogens with one attached hydrogen (secondary N) is 1. The van der Waals surface area contributed by atoms with Crippen LogP contribution in [0.3, 0.4) is 0 Å². The number of fused-ring (bicyclic) bond motifs is 1. The van der Waals surface area contributed by atoms with Crippen molar-refractivity contribution in [3.63, 3.8) is 0 Å². The van der Waals surface area contributed by atoms with E-state index in [1.807, 2.05) is 30.5 Å². The Labute approximate surface area is 220 Å². The molecular formula is C26H32N8O2S. The molecule has 1 unspecified atom stereocenters. The Balaban J connectivity index is 1.49. The van der Waals surface area contributed by atoms with E-state index in [4.69, 9.17) is 14.7 Å². The van der Waals surface area contributed by atoms with Gasteiger partial charge in [0.25, 0.3) is 5.91 Å². The summed E-state index contributed by atoms with van der Waals surface area (Å²) in [5.74, 6) is 0.619. The lowest BCUT2D eigenvalue weighted by molar-refractivity contribution is 0.0783. The topological polar surface area (TPSA) is 101 Å². The molecule has 1 aliphatic heterocycles. The first-order valence-corrected chi connectivity index (χ1v) is 13.4. The number of rotatable bonds is 10. The summed E-state index contributed by atoms with van der Waals surface area (Å²) < 4.78 is 11.4. The van der Waals surface area contributed by atoms with Crippen molar-refractivity contribution in [2.75, 3.05) is 44.7 Å². The summed E-state index contributed by atoms with van der Waals surface area (Å²) >= 11 is 1.39. The standard InChI is InChI=1S/C26H32N8O2S/c1-5-32(6-2)17(3)13-27-26(35)18-11-22(30-24(12-18)33-15-19(16-33)36-4)20-14-28-34-10-8-21(31-25(20)34)23-7-9-29-37-23/h7-12,14,17,19H,5-6,13,15-16H2,1-4H3,(H,27,35). The summed E-state index contributed by atoms with van der Waals surface area (Å²) in [6.45, 7) is 10.3. The molecule has 0 spiro atoms. The van der Waals surface area contributed by atoms with E-state index in [1.165, 1.54) is 11.5 Å². The number of carbonyl (C=O) groups excluding carboxylic acids is 1. The predicted molar refractivity (Wildman–Crippen MR) is 145 cm³/mol. The molecule has 0 saturated carbocycles. The molecule has 37 heavy (non-hydrogen) atoms. The zero-order valence-corrected chi connectivity index (χ0v) is 22.4. The normalized spacial score (nSPS) is 14.8. The maximum atomic E-state index is 13.3. The smallest absolute Gasteiger partial charge is 0.251 e. The third-order valence-corrected chi connectivity index (χ3v) is 7.68. The molecular weight excluding hydrogens is 488 g/mol. The highest BCUT2D eigenvalue weighted by Gasteiger charge is 2.29. The van der Waals surface area contributed by atoms with Crippen molar-refractivity contribution in [1.29, 1.82) is 0 Å². The largest absolute Gasteiger partial charge is 0.378 e. The molecule has 10 nitrogen and oxygen atoms in total. The molecule has 5 heterocycles. The molecule has 1 saturated heterocycles. The molecule has 0 bridgehead atoms. The Morgan fingerprint density at radius 3 is 2.73 bits per heavy atom. The van der Waals surface area contributed by atoms with Crippen LogP contribution in [0.25, 0.3) is 27.5 Å². The van der Waals surface area contributed by atoms with Crippen LogP contribution in [0.1, 0.15) is 31.1 Å². The highest BCUT2D eigenvalue weighted by molar-refractivity contribution is 7.09. The second kappa shape index (κ2) is 10.9. The number of amides is 1. The molecule has 1 fully saturated rings. The first-order valence-electron chi connectivity index (χ1n) is 12.6. The van der Waals surface area contributed by atoms with Gasteiger partial charge >= 0.3 is 0 Å². The summed E-state index contributed by atoms with van der Waals surface area (Å²) in [4.78, 5) is 28.5. The number of ether oxygens (including phenoxy) is 1. The molecule has 4 aromatic heterocycles. The second-order valence-corrected chi connectivity index (χ2v) is 9.99. The van der Waals surface area contributed by atoms with Crippen LogP contribution in [0.5, 0.6) is 0 Å². The minimum Gasteiger partial charge on any atom is -0.378 e. The average Bonchev–Trinajstić information content (AvgIpc) is 3.57. The number of hydrogen-bond acceptors (Lipinski definition) is 9. The van der Waals surface area contributed by atoms with E-state index in [0.717, 1.165) is 48.1 Å². The van der Waals surface area contributed by atoms with Crippen molar-refractivity contribution in [2.45, 2.75) is 32.9 Å². The molecule has 0 aliphatic carbocycles. The summed E-state index contributed by atoms with van der Waals surface area (Å²) in [5, 5.41) is 7.60. The van der Waals surface area contributed by atoms with E-state index >= 15 is 0 Å². The van der Waals surface area contributed by atoms with Gasteiger partial charge in [-0.1, -0.05) is 13.8 Å². The van der Waals surface area contributed by atoms with Gasteiger partial charge < -0.3 is 15.0 Å². The van der Waals surface area contributed by atoms with Gasteiger partial charge in [0.1, 0.15) is 5.82 Å². The van der Waals surface area contributed by atoms with Crippen LogP contribution in [0.4, 0.5) is 5.82 Å². The van der Waals surface area contributed by atoms with Gasteiger partial charge in [-0.25, -0.2) is 18.9 Å². The third kappa shape index (κ3) is 5.20. The van der Waals surface area contributed by atoms with Gasteiger partial charge in [0.2, 0.25) is 0 Å². The van der Waals surface area contributed by atoms with Crippen LogP contribution in [-0.4, -0.2) is 86.7 Å². The first kappa shape index (κ1) is 25.2. The number of pyridine rings is 1. The zero-order valence-electron chi connectivity index (χ0n) is 21.6. The number of anilines is 1. The van der Waals surface area contributed by atoms with Crippen LogP contribution >= 0.6 is 11.5 Å². The average molecular weight is 521 g/mol. The Morgan fingerprint density at radius 1 is 1.22 bits per heavy atom. The Kier molecular flexibility index (Phi) is 7.45. The van der Waals surface area contributed by atoms with Gasteiger partial charge in [-0.05, 0) is 55.8 Å². The molecule has 194 valence electrons. The lowest BCUT2D eigenvalue weighted by Crippen LogP contribution is -2.52. The maximum Gasteiger partial charge on any atom is 0.251 e. The van der Waals surface area contributed by atoms with Crippen molar-refractivity contribution in [2.24, 2.45) is 0 Å². The molecule has 4 aromatic rings. The molecule has 11 heteroatoms. The summed E-state index contributed by atoms with van der Waals surface area (Å²) in [6, 6.07) is 7.78. The fourth-order valence-electron chi connectivity index (χ4n) is 4.57. The SMILES string of the molecule is CCN(CC)C(C)CNC(=O)c1cc(-c2cnn3ccc(-c4ccns4)nc23)nc(N2CC(OC)C2)c1. The number of carbonyl (C=O) groups is 1. The van der Waals surface area contributed by atoms with E-state index in [2.05, 4.69) is 45.4 Å². The van der Waals surface area contributed by atoms with Crippen LogP contribution < -0.4 is 10.2 Å².